The van der Waals surface area contributed by atoms with Crippen LogP contribution in [0.3, 0.4) is 0 Å². The fourth-order valence-corrected chi connectivity index (χ4v) is 4.27. The second-order valence-corrected chi connectivity index (χ2v) is 7.92. The molecule has 1 fully saturated rings. The predicted octanol–water partition coefficient (Wildman–Crippen LogP) is 1.98. The van der Waals surface area contributed by atoms with Crippen molar-refractivity contribution in [3.63, 3.8) is 0 Å². The number of halogens is 1. The summed E-state index contributed by atoms with van der Waals surface area (Å²) in [6, 6.07) is 2.40. The fraction of sp³-hybridized carbons (Fsp3) is 0.353. The maximum Gasteiger partial charge on any atom is 0.338 e. The summed E-state index contributed by atoms with van der Waals surface area (Å²) in [6.07, 6.45) is 6.89. The topological polar surface area (TPSA) is 118 Å². The van der Waals surface area contributed by atoms with Crippen LogP contribution in [0.15, 0.2) is 41.7 Å². The van der Waals surface area contributed by atoms with Gasteiger partial charge >= 0.3 is 5.97 Å². The van der Waals surface area contributed by atoms with Crippen LogP contribution in [0, 0.1) is 5.82 Å². The number of ether oxygens (including phenoxy) is 1. The van der Waals surface area contributed by atoms with Crippen molar-refractivity contribution in [2.45, 2.75) is 42.7 Å². The Bertz CT molecular complexity index is 915. The highest BCUT2D eigenvalue weighted by Crippen LogP contribution is 2.24. The van der Waals surface area contributed by atoms with E-state index in [1.54, 1.807) is 6.20 Å². The zero-order valence-corrected chi connectivity index (χ0v) is 15.0. The van der Waals surface area contributed by atoms with Gasteiger partial charge in [0, 0.05) is 18.4 Å². The molecule has 0 saturated heterocycles. The van der Waals surface area contributed by atoms with Crippen LogP contribution in [-0.4, -0.2) is 41.6 Å². The molecule has 10 heteroatoms. The lowest BCUT2D eigenvalue weighted by Crippen LogP contribution is -2.39. The van der Waals surface area contributed by atoms with Crippen molar-refractivity contribution in [2.24, 2.45) is 0 Å². The van der Waals surface area contributed by atoms with Gasteiger partial charge in [0.15, 0.2) is 0 Å². The van der Waals surface area contributed by atoms with E-state index >= 15 is 0 Å². The second-order valence-electron chi connectivity index (χ2n) is 6.20. The lowest BCUT2D eigenvalue weighted by atomic mass is 9.94. The molecular weight excluding hydrogens is 377 g/mol. The Hall–Kier alpha value is -2.59. The first-order valence-corrected chi connectivity index (χ1v) is 9.81. The van der Waals surface area contributed by atoms with Gasteiger partial charge in [-0.15, -0.1) is 0 Å². The summed E-state index contributed by atoms with van der Waals surface area (Å²) in [6.45, 7) is 0. The molecule has 3 rings (SSSR count). The van der Waals surface area contributed by atoms with Crippen molar-refractivity contribution >= 4 is 16.0 Å². The maximum atomic E-state index is 13.5. The Labute approximate surface area is 155 Å². The molecule has 1 aromatic heterocycles. The van der Waals surface area contributed by atoms with Crippen molar-refractivity contribution in [2.75, 3.05) is 0 Å². The number of nitrogens with zero attached hydrogens (tertiary/aromatic N) is 2. The smallest absolute Gasteiger partial charge is 0.338 e. The molecule has 0 bridgehead atoms. The van der Waals surface area contributed by atoms with Crippen LogP contribution in [0.5, 0.6) is 5.88 Å². The SMILES string of the molecule is O=C(O)c1cc(S(=O)(=O)NC2CCC(Oc3cnccn3)CC2)ccc1F. The summed E-state index contributed by atoms with van der Waals surface area (Å²) in [4.78, 5) is 18.7. The number of carboxylic acids is 1. The van der Waals surface area contributed by atoms with Gasteiger partial charge in [0.25, 0.3) is 0 Å². The lowest BCUT2D eigenvalue weighted by Gasteiger charge is -2.28. The number of hydrogen-bond acceptors (Lipinski definition) is 6. The number of carbonyl (C=O) groups is 1. The number of benzene rings is 1. The van der Waals surface area contributed by atoms with E-state index in [0.29, 0.717) is 31.6 Å². The molecule has 0 unspecified atom stereocenters. The van der Waals surface area contributed by atoms with E-state index in [9.17, 15) is 17.6 Å². The van der Waals surface area contributed by atoms with Crippen LogP contribution in [0.2, 0.25) is 0 Å². The molecule has 8 nitrogen and oxygen atoms in total. The van der Waals surface area contributed by atoms with E-state index in [0.717, 1.165) is 18.2 Å². The minimum Gasteiger partial charge on any atom is -0.478 e. The van der Waals surface area contributed by atoms with Gasteiger partial charge in [-0.25, -0.2) is 27.3 Å². The van der Waals surface area contributed by atoms with Crippen LogP contribution < -0.4 is 9.46 Å². The monoisotopic (exact) mass is 395 g/mol. The molecule has 0 amide bonds. The average molecular weight is 395 g/mol. The summed E-state index contributed by atoms with van der Waals surface area (Å²) in [7, 11) is -3.95. The quantitative estimate of drug-likeness (QED) is 0.768. The Morgan fingerprint density at radius 1 is 1.22 bits per heavy atom. The molecule has 2 N–H and O–H groups in total. The maximum absolute atomic E-state index is 13.5. The average Bonchev–Trinajstić information content (AvgIpc) is 2.64. The predicted molar refractivity (Wildman–Crippen MR) is 92.4 cm³/mol. The number of aromatic carboxylic acids is 1. The van der Waals surface area contributed by atoms with Gasteiger partial charge < -0.3 is 9.84 Å². The Morgan fingerprint density at radius 2 is 1.96 bits per heavy atom. The molecule has 27 heavy (non-hydrogen) atoms. The molecular formula is C17H18FN3O5S. The van der Waals surface area contributed by atoms with E-state index in [2.05, 4.69) is 14.7 Å². The molecule has 1 aliphatic rings. The Balaban J connectivity index is 1.61. The molecule has 144 valence electrons. The molecule has 1 aromatic carbocycles. The third-order valence-electron chi connectivity index (χ3n) is 4.30. The minimum absolute atomic E-state index is 0.0770. The van der Waals surface area contributed by atoms with Gasteiger partial charge in [-0.05, 0) is 43.9 Å². The first-order chi connectivity index (χ1) is 12.8. The van der Waals surface area contributed by atoms with Crippen LogP contribution in [-0.2, 0) is 10.0 Å². The van der Waals surface area contributed by atoms with E-state index in [1.165, 1.54) is 12.4 Å². The largest absolute Gasteiger partial charge is 0.478 e. The fourth-order valence-electron chi connectivity index (χ4n) is 2.94. The number of aromatic nitrogens is 2. The van der Waals surface area contributed by atoms with Gasteiger partial charge in [-0.3, -0.25) is 4.98 Å². The lowest BCUT2D eigenvalue weighted by molar-refractivity contribution is 0.0691. The number of sulfonamides is 1. The molecule has 0 aliphatic heterocycles. The third-order valence-corrected chi connectivity index (χ3v) is 5.82. The van der Waals surface area contributed by atoms with Gasteiger partial charge in [0.1, 0.15) is 11.9 Å². The second kappa shape index (κ2) is 7.97. The number of carboxylic acid groups (broad SMARTS) is 1. The first kappa shape index (κ1) is 19.2. The summed E-state index contributed by atoms with van der Waals surface area (Å²) in [5, 5.41) is 8.95. The van der Waals surface area contributed by atoms with Crippen molar-refractivity contribution < 1.29 is 27.4 Å². The summed E-state index contributed by atoms with van der Waals surface area (Å²) >= 11 is 0. The number of nitrogens with one attached hydrogen (secondary N) is 1. The highest BCUT2D eigenvalue weighted by atomic mass is 32.2. The Morgan fingerprint density at radius 3 is 2.59 bits per heavy atom. The molecule has 2 aromatic rings. The van der Waals surface area contributed by atoms with E-state index in [1.807, 2.05) is 0 Å². The van der Waals surface area contributed by atoms with Gasteiger partial charge in [0.05, 0.1) is 16.7 Å². The normalized spacial score (nSPS) is 20.2. The number of hydrogen-bond donors (Lipinski definition) is 2. The third kappa shape index (κ3) is 4.77. The van der Waals surface area contributed by atoms with Gasteiger partial charge in [-0.1, -0.05) is 0 Å². The van der Waals surface area contributed by atoms with Crippen molar-refractivity contribution in [3.8, 4) is 5.88 Å². The molecule has 1 saturated carbocycles. The van der Waals surface area contributed by atoms with E-state index in [-0.39, 0.29) is 17.0 Å². The zero-order valence-electron chi connectivity index (χ0n) is 14.2. The summed E-state index contributed by atoms with van der Waals surface area (Å²) in [5.74, 6) is -2.08. The van der Waals surface area contributed by atoms with Crippen molar-refractivity contribution in [1.29, 1.82) is 0 Å². The molecule has 1 heterocycles. The van der Waals surface area contributed by atoms with Crippen LogP contribution in [0.1, 0.15) is 36.0 Å². The van der Waals surface area contributed by atoms with Crippen LogP contribution in [0.25, 0.3) is 0 Å². The van der Waals surface area contributed by atoms with Crippen LogP contribution in [0.4, 0.5) is 4.39 Å². The highest BCUT2D eigenvalue weighted by molar-refractivity contribution is 7.89. The minimum atomic E-state index is -3.95. The molecule has 0 atom stereocenters. The Kier molecular flexibility index (Phi) is 5.66. The number of rotatable bonds is 6. The standard InChI is InChI=1S/C17H18FN3O5S/c18-15-6-5-13(9-14(15)17(22)23)27(24,25)21-11-1-3-12(4-2-11)26-16-10-19-7-8-20-16/h5-12,21H,1-4H2,(H,22,23). The molecule has 1 aliphatic carbocycles. The summed E-state index contributed by atoms with van der Waals surface area (Å²) < 4.78 is 46.7. The summed E-state index contributed by atoms with van der Waals surface area (Å²) in [5.41, 5.74) is -0.682. The first-order valence-electron chi connectivity index (χ1n) is 8.33. The van der Waals surface area contributed by atoms with E-state index in [4.69, 9.17) is 9.84 Å². The van der Waals surface area contributed by atoms with E-state index < -0.39 is 27.4 Å². The van der Waals surface area contributed by atoms with Crippen molar-refractivity contribution in [1.82, 2.24) is 14.7 Å². The van der Waals surface area contributed by atoms with Crippen LogP contribution >= 0.6 is 0 Å². The molecule has 0 spiro atoms. The zero-order chi connectivity index (χ0) is 19.4. The van der Waals surface area contributed by atoms with Gasteiger partial charge in [0.2, 0.25) is 15.9 Å². The highest BCUT2D eigenvalue weighted by Gasteiger charge is 2.27. The molecule has 0 radical (unpaired) electrons. The van der Waals surface area contributed by atoms with Gasteiger partial charge in [-0.2, -0.15) is 0 Å². The van der Waals surface area contributed by atoms with Crippen molar-refractivity contribution in [3.05, 3.63) is 48.2 Å².